The Morgan fingerprint density at radius 1 is 1.15 bits per heavy atom. The van der Waals surface area contributed by atoms with Gasteiger partial charge in [-0.2, -0.15) is 0 Å². The normalized spacial score (nSPS) is 18.0. The molecule has 0 aromatic heterocycles. The number of carbonyl (C=O) groups excluding carboxylic acids is 1. The highest BCUT2D eigenvalue weighted by Gasteiger charge is 2.24. The third-order valence-corrected chi connectivity index (χ3v) is 4.71. The van der Waals surface area contributed by atoms with Gasteiger partial charge in [0, 0.05) is 33.9 Å². The predicted molar refractivity (Wildman–Crippen MR) is 101 cm³/mol. The highest BCUT2D eigenvalue weighted by molar-refractivity contribution is 5.76. The lowest BCUT2D eigenvalue weighted by Gasteiger charge is -2.31. The van der Waals surface area contributed by atoms with Gasteiger partial charge in [0.15, 0.2) is 0 Å². The first-order valence-electron chi connectivity index (χ1n) is 9.37. The van der Waals surface area contributed by atoms with Gasteiger partial charge in [-0.1, -0.05) is 6.07 Å². The van der Waals surface area contributed by atoms with Crippen molar-refractivity contribution in [2.45, 2.75) is 32.2 Å². The van der Waals surface area contributed by atoms with Gasteiger partial charge in [-0.15, -0.1) is 0 Å². The Morgan fingerprint density at radius 3 is 2.65 bits per heavy atom. The first-order valence-corrected chi connectivity index (χ1v) is 9.37. The highest BCUT2D eigenvalue weighted by atomic mass is 16.5. The van der Waals surface area contributed by atoms with Crippen LogP contribution in [0.1, 0.15) is 30.4 Å². The minimum absolute atomic E-state index is 0.0361. The number of methoxy groups -OCH3 is 2. The summed E-state index contributed by atoms with van der Waals surface area (Å²) in [7, 11) is 3.39. The van der Waals surface area contributed by atoms with Crippen LogP contribution in [0.4, 0.5) is 0 Å². The van der Waals surface area contributed by atoms with Gasteiger partial charge < -0.3 is 19.9 Å². The molecule has 0 aliphatic carbocycles. The van der Waals surface area contributed by atoms with Gasteiger partial charge in [0.25, 0.3) is 0 Å². The van der Waals surface area contributed by atoms with Crippen molar-refractivity contribution < 1.29 is 19.0 Å². The van der Waals surface area contributed by atoms with E-state index in [-0.39, 0.29) is 11.8 Å². The average molecular weight is 364 g/mol. The molecule has 0 spiro atoms. The second-order valence-corrected chi connectivity index (χ2v) is 6.90. The number of hydrogen-bond donors (Lipinski definition) is 1. The van der Waals surface area contributed by atoms with E-state index in [0.29, 0.717) is 13.2 Å². The van der Waals surface area contributed by atoms with Crippen LogP contribution in [0.15, 0.2) is 18.2 Å². The highest BCUT2D eigenvalue weighted by Crippen LogP contribution is 2.23. The Hall–Kier alpha value is -1.63. The van der Waals surface area contributed by atoms with Crippen LogP contribution in [0.3, 0.4) is 0 Å². The summed E-state index contributed by atoms with van der Waals surface area (Å²) in [5.41, 5.74) is 7.95. The number of aryl methyl sites for hydroxylation is 1. The number of primary amides is 1. The minimum Gasteiger partial charge on any atom is -0.491 e. The van der Waals surface area contributed by atoms with E-state index in [1.165, 1.54) is 11.1 Å². The molecular weight excluding hydrogens is 332 g/mol. The van der Waals surface area contributed by atoms with Crippen molar-refractivity contribution in [3.05, 3.63) is 29.3 Å². The molecule has 2 N–H and O–H groups in total. The number of amides is 1. The van der Waals surface area contributed by atoms with Crippen molar-refractivity contribution in [2.75, 3.05) is 47.1 Å². The SMILES string of the molecule is COCCCc1cc(CN2CCCC(C(N)=O)C2)cc(OCCOC)c1. The number of hydrogen-bond acceptors (Lipinski definition) is 5. The van der Waals surface area contributed by atoms with E-state index >= 15 is 0 Å². The second kappa shape index (κ2) is 11.2. The lowest BCUT2D eigenvalue weighted by atomic mass is 9.96. The molecule has 6 nitrogen and oxygen atoms in total. The zero-order chi connectivity index (χ0) is 18.8. The Balaban J connectivity index is 2.05. The minimum atomic E-state index is -0.188. The van der Waals surface area contributed by atoms with Crippen molar-refractivity contribution in [1.29, 1.82) is 0 Å². The predicted octanol–water partition coefficient (Wildman–Crippen LogP) is 1.99. The molecule has 1 aliphatic rings. The van der Waals surface area contributed by atoms with Crippen LogP contribution < -0.4 is 10.5 Å². The van der Waals surface area contributed by atoms with E-state index in [2.05, 4.69) is 23.1 Å². The number of piperidine rings is 1. The van der Waals surface area contributed by atoms with Crippen LogP contribution in [0, 0.1) is 5.92 Å². The van der Waals surface area contributed by atoms with Crippen LogP contribution in [0.25, 0.3) is 0 Å². The Kier molecular flexibility index (Phi) is 8.88. The zero-order valence-electron chi connectivity index (χ0n) is 16.0. The van der Waals surface area contributed by atoms with Crippen LogP contribution in [0.2, 0.25) is 0 Å². The molecule has 0 bridgehead atoms. The fourth-order valence-corrected chi connectivity index (χ4v) is 3.40. The maximum absolute atomic E-state index is 11.5. The smallest absolute Gasteiger partial charge is 0.221 e. The number of benzene rings is 1. The Bertz CT molecular complexity index is 536. The zero-order valence-corrected chi connectivity index (χ0v) is 16.0. The third-order valence-electron chi connectivity index (χ3n) is 4.71. The molecule has 1 atom stereocenters. The largest absolute Gasteiger partial charge is 0.491 e. The Labute approximate surface area is 156 Å². The topological polar surface area (TPSA) is 74.0 Å². The fraction of sp³-hybridized carbons (Fsp3) is 0.650. The monoisotopic (exact) mass is 364 g/mol. The van der Waals surface area contributed by atoms with Crippen LogP contribution in [-0.2, 0) is 27.2 Å². The van der Waals surface area contributed by atoms with Gasteiger partial charge >= 0.3 is 0 Å². The van der Waals surface area contributed by atoms with E-state index in [1.54, 1.807) is 14.2 Å². The van der Waals surface area contributed by atoms with Crippen LogP contribution in [0.5, 0.6) is 5.75 Å². The fourth-order valence-electron chi connectivity index (χ4n) is 3.40. The number of ether oxygens (including phenoxy) is 3. The van der Waals surface area contributed by atoms with Crippen molar-refractivity contribution >= 4 is 5.91 Å². The van der Waals surface area contributed by atoms with Gasteiger partial charge in [-0.3, -0.25) is 9.69 Å². The summed E-state index contributed by atoms with van der Waals surface area (Å²) in [5.74, 6) is 0.646. The molecule has 1 aliphatic heterocycles. The maximum atomic E-state index is 11.5. The average Bonchev–Trinajstić information content (AvgIpc) is 2.62. The van der Waals surface area contributed by atoms with E-state index in [4.69, 9.17) is 19.9 Å². The van der Waals surface area contributed by atoms with Gasteiger partial charge in [0.05, 0.1) is 12.5 Å². The molecule has 26 heavy (non-hydrogen) atoms. The van der Waals surface area contributed by atoms with Gasteiger partial charge in [0.2, 0.25) is 5.91 Å². The summed E-state index contributed by atoms with van der Waals surface area (Å²) in [6, 6.07) is 6.41. The second-order valence-electron chi connectivity index (χ2n) is 6.90. The molecule has 1 aromatic carbocycles. The summed E-state index contributed by atoms with van der Waals surface area (Å²) in [5, 5.41) is 0. The van der Waals surface area contributed by atoms with E-state index in [9.17, 15) is 4.79 Å². The molecule has 1 amide bonds. The number of nitrogens with two attached hydrogens (primary N) is 1. The summed E-state index contributed by atoms with van der Waals surface area (Å²) in [4.78, 5) is 13.8. The van der Waals surface area contributed by atoms with Gasteiger partial charge in [-0.05, 0) is 55.5 Å². The van der Waals surface area contributed by atoms with Crippen molar-refractivity contribution in [3.63, 3.8) is 0 Å². The molecule has 1 fully saturated rings. The molecule has 1 saturated heterocycles. The van der Waals surface area contributed by atoms with Gasteiger partial charge in [0.1, 0.15) is 12.4 Å². The van der Waals surface area contributed by atoms with Crippen LogP contribution >= 0.6 is 0 Å². The first kappa shape index (κ1) is 20.7. The van der Waals surface area contributed by atoms with Crippen molar-refractivity contribution in [3.8, 4) is 5.75 Å². The standard InChI is InChI=1S/C20H32N2O4/c1-24-8-4-5-16-11-17(13-19(12-16)26-10-9-25-2)14-22-7-3-6-18(15-22)20(21)23/h11-13,18H,3-10,14-15H2,1-2H3,(H2,21,23). The molecular formula is C20H32N2O4. The first-order chi connectivity index (χ1) is 12.6. The maximum Gasteiger partial charge on any atom is 0.221 e. The van der Waals surface area contributed by atoms with Gasteiger partial charge in [-0.25, -0.2) is 0 Å². The van der Waals surface area contributed by atoms with Crippen LogP contribution in [-0.4, -0.2) is 57.9 Å². The molecule has 1 heterocycles. The molecule has 2 rings (SSSR count). The third kappa shape index (κ3) is 6.94. The van der Waals surface area contributed by atoms with Crippen molar-refractivity contribution in [2.24, 2.45) is 11.7 Å². The molecule has 1 aromatic rings. The molecule has 0 radical (unpaired) electrons. The molecule has 0 saturated carbocycles. The summed E-state index contributed by atoms with van der Waals surface area (Å²) in [6.45, 7) is 4.39. The van der Waals surface area contributed by atoms with E-state index in [1.807, 2.05) is 0 Å². The summed E-state index contributed by atoms with van der Waals surface area (Å²) < 4.78 is 16.1. The number of rotatable bonds is 11. The summed E-state index contributed by atoms with van der Waals surface area (Å²) >= 11 is 0. The van der Waals surface area contributed by atoms with Crippen molar-refractivity contribution in [1.82, 2.24) is 4.90 Å². The molecule has 1 unspecified atom stereocenters. The molecule has 6 heteroatoms. The number of likely N-dealkylation sites (tertiary alicyclic amines) is 1. The Morgan fingerprint density at radius 2 is 1.92 bits per heavy atom. The molecule has 146 valence electrons. The van der Waals surface area contributed by atoms with E-state index < -0.39 is 0 Å². The number of nitrogens with zero attached hydrogens (tertiary/aromatic N) is 1. The summed E-state index contributed by atoms with van der Waals surface area (Å²) in [6.07, 6.45) is 3.84. The quantitative estimate of drug-likeness (QED) is 0.608. The lowest BCUT2D eigenvalue weighted by Crippen LogP contribution is -2.40. The number of carbonyl (C=O) groups is 1. The lowest BCUT2D eigenvalue weighted by molar-refractivity contribution is -0.123. The van der Waals surface area contributed by atoms with E-state index in [0.717, 1.165) is 57.7 Å².